The number of hydrogen-bond acceptors (Lipinski definition) is 5. The molecule has 7 heteroatoms. The van der Waals surface area contributed by atoms with Gasteiger partial charge in [-0.1, -0.05) is 6.92 Å². The smallest absolute Gasteiger partial charge is 0.312 e. The maximum absolute atomic E-state index is 14.1. The van der Waals surface area contributed by atoms with Crippen LogP contribution < -0.4 is 0 Å². The molecule has 0 N–H and O–H groups in total. The van der Waals surface area contributed by atoms with Gasteiger partial charge in [0.1, 0.15) is 5.78 Å². The maximum Gasteiger partial charge on any atom is 0.312 e. The third kappa shape index (κ3) is 4.08. The van der Waals surface area contributed by atoms with Crippen molar-refractivity contribution in [2.24, 2.45) is 28.6 Å². The highest BCUT2D eigenvalue weighted by Crippen LogP contribution is 2.59. The summed E-state index contributed by atoms with van der Waals surface area (Å²) in [5, 5.41) is 0. The molecule has 0 saturated heterocycles. The molecular weight excluding hydrogens is 370 g/mol. The summed E-state index contributed by atoms with van der Waals surface area (Å²) in [5.74, 6) is -4.03. The van der Waals surface area contributed by atoms with Crippen molar-refractivity contribution >= 4 is 17.7 Å². The molecule has 158 valence electrons. The van der Waals surface area contributed by atoms with Gasteiger partial charge in [-0.3, -0.25) is 14.4 Å². The predicted molar refractivity (Wildman–Crippen MR) is 96.5 cm³/mol. The molecule has 4 rings (SSSR count). The van der Waals surface area contributed by atoms with Crippen molar-refractivity contribution in [2.75, 3.05) is 13.2 Å². The summed E-state index contributed by atoms with van der Waals surface area (Å²) >= 11 is 0. The Hall–Kier alpha value is -1.53. The molecule has 28 heavy (non-hydrogen) atoms. The Bertz CT molecular complexity index is 639. The fourth-order valence-corrected chi connectivity index (χ4v) is 5.03. The monoisotopic (exact) mass is 400 g/mol. The van der Waals surface area contributed by atoms with Crippen LogP contribution >= 0.6 is 0 Å². The molecule has 5 nitrogen and oxygen atoms in total. The highest BCUT2D eigenvalue weighted by molar-refractivity contribution is 5.89. The van der Waals surface area contributed by atoms with E-state index < -0.39 is 48.3 Å². The van der Waals surface area contributed by atoms with Gasteiger partial charge in [-0.25, -0.2) is 8.78 Å². The average molecular weight is 400 g/mol. The summed E-state index contributed by atoms with van der Waals surface area (Å²) < 4.78 is 38.2. The molecule has 0 aliphatic heterocycles. The van der Waals surface area contributed by atoms with Crippen LogP contribution in [0.2, 0.25) is 0 Å². The fraction of sp³-hybridized carbons (Fsp3) is 0.857. The van der Waals surface area contributed by atoms with E-state index in [9.17, 15) is 23.2 Å². The van der Waals surface area contributed by atoms with Crippen molar-refractivity contribution in [3.63, 3.8) is 0 Å². The number of carbonyl (C=O) groups excluding carboxylic acids is 3. The molecule has 0 amide bonds. The lowest BCUT2D eigenvalue weighted by Gasteiger charge is -2.53. The van der Waals surface area contributed by atoms with E-state index in [1.54, 1.807) is 13.8 Å². The molecule has 0 aromatic carbocycles. The molecule has 0 aromatic heterocycles. The topological polar surface area (TPSA) is 69.7 Å². The molecule has 0 radical (unpaired) electrons. The lowest BCUT2D eigenvalue weighted by Crippen LogP contribution is -2.55. The molecule has 2 unspecified atom stereocenters. The van der Waals surface area contributed by atoms with E-state index in [0.29, 0.717) is 31.6 Å². The Labute approximate surface area is 164 Å². The van der Waals surface area contributed by atoms with Crippen LogP contribution in [-0.4, -0.2) is 36.9 Å². The number of halogens is 2. The lowest BCUT2D eigenvalue weighted by molar-refractivity contribution is -0.184. The van der Waals surface area contributed by atoms with Crippen LogP contribution in [-0.2, 0) is 23.9 Å². The summed E-state index contributed by atoms with van der Waals surface area (Å²) in [6.07, 6.45) is 3.01. The number of ether oxygens (including phenoxy) is 2. The van der Waals surface area contributed by atoms with E-state index in [1.807, 2.05) is 6.92 Å². The van der Waals surface area contributed by atoms with Crippen LogP contribution in [0.1, 0.15) is 65.7 Å². The Morgan fingerprint density at radius 1 is 1.11 bits per heavy atom. The quantitative estimate of drug-likeness (QED) is 0.578. The number of Topliss-reactive ketones (excluding diaryl/α,β-unsaturated/α-hetero) is 1. The third-order valence-corrected chi connectivity index (χ3v) is 6.98. The number of alkyl halides is 2. The summed E-state index contributed by atoms with van der Waals surface area (Å²) in [6.45, 7) is 3.79. The molecule has 4 fully saturated rings. The second-order valence-electron chi connectivity index (χ2n) is 9.58. The van der Waals surface area contributed by atoms with Gasteiger partial charge in [0, 0.05) is 18.3 Å². The van der Waals surface area contributed by atoms with Gasteiger partial charge in [-0.15, -0.1) is 0 Å². The first-order chi connectivity index (χ1) is 13.0. The molecule has 0 heterocycles. The lowest BCUT2D eigenvalue weighted by atomic mass is 9.49. The number of hydrogen-bond donors (Lipinski definition) is 0. The average Bonchev–Trinajstić information content (AvgIpc) is 2.63. The minimum absolute atomic E-state index is 0.111. The van der Waals surface area contributed by atoms with Gasteiger partial charge in [0.05, 0.1) is 17.4 Å². The van der Waals surface area contributed by atoms with E-state index in [2.05, 4.69) is 0 Å². The van der Waals surface area contributed by atoms with Crippen LogP contribution in [0.15, 0.2) is 0 Å². The summed E-state index contributed by atoms with van der Waals surface area (Å²) in [4.78, 5) is 36.7. The first kappa shape index (κ1) is 21.2. The summed E-state index contributed by atoms with van der Waals surface area (Å²) in [7, 11) is 0. The minimum Gasteiger partial charge on any atom is -0.465 e. The van der Waals surface area contributed by atoms with E-state index >= 15 is 0 Å². The largest absolute Gasteiger partial charge is 0.465 e. The van der Waals surface area contributed by atoms with E-state index in [-0.39, 0.29) is 17.6 Å². The highest BCUT2D eigenvalue weighted by atomic mass is 19.3. The molecular formula is C21H30F2O5. The van der Waals surface area contributed by atoms with Gasteiger partial charge < -0.3 is 9.47 Å². The van der Waals surface area contributed by atoms with Crippen molar-refractivity contribution in [3.8, 4) is 0 Å². The SMILES string of the molecule is CCC(C)(C)C(=O)OCCC(F)(F)COC(=O)C12CC3CC(C1)C(=O)C(C3)C2. The second kappa shape index (κ2) is 7.38. The number of carbonyl (C=O) groups is 3. The molecule has 4 bridgehead atoms. The van der Waals surface area contributed by atoms with Gasteiger partial charge >= 0.3 is 11.9 Å². The molecule has 0 aromatic rings. The molecule has 4 aliphatic carbocycles. The Balaban J connectivity index is 1.49. The maximum atomic E-state index is 14.1. The third-order valence-electron chi connectivity index (χ3n) is 6.98. The van der Waals surface area contributed by atoms with Crippen molar-refractivity contribution in [2.45, 2.75) is 71.6 Å². The van der Waals surface area contributed by atoms with Crippen molar-refractivity contribution in [1.82, 2.24) is 0 Å². The predicted octanol–water partition coefficient (Wildman–Crippen LogP) is 3.93. The van der Waals surface area contributed by atoms with Crippen LogP contribution in [0.4, 0.5) is 8.78 Å². The van der Waals surface area contributed by atoms with Gasteiger partial charge in [-0.05, 0) is 58.3 Å². The minimum atomic E-state index is -3.26. The van der Waals surface area contributed by atoms with Gasteiger partial charge in [0.15, 0.2) is 6.61 Å². The zero-order valence-corrected chi connectivity index (χ0v) is 16.9. The van der Waals surface area contributed by atoms with Crippen LogP contribution in [0, 0.1) is 28.6 Å². The first-order valence-corrected chi connectivity index (χ1v) is 10.2. The Morgan fingerprint density at radius 2 is 1.71 bits per heavy atom. The van der Waals surface area contributed by atoms with E-state index in [4.69, 9.17) is 9.47 Å². The zero-order chi connectivity index (χ0) is 20.7. The van der Waals surface area contributed by atoms with Crippen LogP contribution in [0.3, 0.4) is 0 Å². The van der Waals surface area contributed by atoms with Gasteiger partial charge in [0.25, 0.3) is 5.92 Å². The first-order valence-electron chi connectivity index (χ1n) is 10.2. The standard InChI is InChI=1S/C21H30F2O5/c1-4-19(2,3)17(25)27-6-5-21(22,23)12-28-18(26)20-9-13-7-14(10-20)16(24)15(8-13)11-20/h13-15H,4-12H2,1-3H3. The summed E-state index contributed by atoms with van der Waals surface area (Å²) in [6, 6.07) is 0. The zero-order valence-electron chi connectivity index (χ0n) is 16.9. The fourth-order valence-electron chi connectivity index (χ4n) is 5.03. The van der Waals surface area contributed by atoms with Crippen molar-refractivity contribution < 1.29 is 32.6 Å². The van der Waals surface area contributed by atoms with Gasteiger partial charge in [0.2, 0.25) is 0 Å². The molecule has 4 aliphatic rings. The summed E-state index contributed by atoms with van der Waals surface area (Å²) in [5.41, 5.74) is -1.48. The van der Waals surface area contributed by atoms with Crippen LogP contribution in [0.25, 0.3) is 0 Å². The van der Waals surface area contributed by atoms with Crippen molar-refractivity contribution in [3.05, 3.63) is 0 Å². The Morgan fingerprint density at radius 3 is 2.29 bits per heavy atom. The number of rotatable bonds is 8. The second-order valence-corrected chi connectivity index (χ2v) is 9.58. The van der Waals surface area contributed by atoms with Crippen molar-refractivity contribution in [1.29, 1.82) is 0 Å². The van der Waals surface area contributed by atoms with E-state index in [1.165, 1.54) is 0 Å². The Kier molecular flexibility index (Phi) is 5.58. The van der Waals surface area contributed by atoms with E-state index in [0.717, 1.165) is 12.8 Å². The molecule has 0 spiro atoms. The van der Waals surface area contributed by atoms with Crippen LogP contribution in [0.5, 0.6) is 0 Å². The highest BCUT2D eigenvalue weighted by Gasteiger charge is 2.59. The number of ketones is 1. The molecule has 2 atom stereocenters. The molecule has 4 saturated carbocycles. The normalized spacial score (nSPS) is 31.8. The number of esters is 2. The van der Waals surface area contributed by atoms with Gasteiger partial charge in [-0.2, -0.15) is 0 Å².